The average Bonchev–Trinajstić information content (AvgIpc) is 3.38. The predicted molar refractivity (Wildman–Crippen MR) is 122 cm³/mol. The van der Waals surface area contributed by atoms with Gasteiger partial charge in [0, 0.05) is 23.9 Å². The monoisotopic (exact) mass is 435 g/mol. The molecule has 0 spiro atoms. The van der Waals surface area contributed by atoms with E-state index in [1.165, 1.54) is 6.42 Å². The van der Waals surface area contributed by atoms with Crippen LogP contribution in [0.15, 0.2) is 47.1 Å². The number of hydrogen-bond acceptors (Lipinski definition) is 4. The molecule has 3 aromatic rings. The van der Waals surface area contributed by atoms with Crippen molar-refractivity contribution in [2.45, 2.75) is 64.1 Å². The molecule has 0 radical (unpaired) electrons. The highest BCUT2D eigenvalue weighted by Crippen LogP contribution is 2.37. The van der Waals surface area contributed by atoms with E-state index in [-0.39, 0.29) is 17.9 Å². The van der Waals surface area contributed by atoms with E-state index in [4.69, 9.17) is 9.15 Å². The fourth-order valence-corrected chi connectivity index (χ4v) is 5.06. The minimum absolute atomic E-state index is 0.123. The van der Waals surface area contributed by atoms with Gasteiger partial charge in [-0.2, -0.15) is 0 Å². The largest absolute Gasteiger partial charge is 0.494 e. The van der Waals surface area contributed by atoms with Gasteiger partial charge in [-0.3, -0.25) is 14.5 Å². The number of amides is 2. The van der Waals surface area contributed by atoms with Crippen molar-refractivity contribution in [3.63, 3.8) is 0 Å². The minimum atomic E-state index is -1.09. The van der Waals surface area contributed by atoms with Crippen LogP contribution in [0, 0.1) is 0 Å². The van der Waals surface area contributed by atoms with E-state index in [9.17, 15) is 9.59 Å². The highest BCUT2D eigenvalue weighted by molar-refractivity contribution is 6.13. The second kappa shape index (κ2) is 8.04. The van der Waals surface area contributed by atoms with Gasteiger partial charge in [0.25, 0.3) is 5.91 Å². The molecule has 0 bridgehead atoms. The molecule has 1 unspecified atom stereocenters. The number of aromatic nitrogens is 1. The standard InChI is InChI=1S/C25H29N3O4/c1-3-31-19-11-9-18(10-12-19)28-23(29)21-15-22-20(13-14-32-22)27(21)16-25(28,2)24(30)26-17-7-5-4-6-8-17/h9-15,17H,3-8,16H2,1-2H3,(H,26,30). The molecule has 168 valence electrons. The molecule has 5 rings (SSSR count). The van der Waals surface area contributed by atoms with Gasteiger partial charge in [0.15, 0.2) is 5.58 Å². The topological polar surface area (TPSA) is 76.7 Å². The first-order chi connectivity index (χ1) is 15.5. The average molecular weight is 436 g/mol. The lowest BCUT2D eigenvalue weighted by Gasteiger charge is -2.44. The van der Waals surface area contributed by atoms with Gasteiger partial charge in [-0.05, 0) is 51.0 Å². The molecule has 2 amide bonds. The molecule has 1 N–H and O–H groups in total. The summed E-state index contributed by atoms with van der Waals surface area (Å²) in [5.41, 5.74) is 1.59. The Labute approximate surface area is 187 Å². The maximum Gasteiger partial charge on any atom is 0.276 e. The molecular formula is C25H29N3O4. The fourth-order valence-electron chi connectivity index (χ4n) is 5.06. The van der Waals surface area contributed by atoms with E-state index in [0.717, 1.165) is 36.9 Å². The van der Waals surface area contributed by atoms with Gasteiger partial charge in [0.2, 0.25) is 5.91 Å². The Balaban J connectivity index is 1.56. The zero-order chi connectivity index (χ0) is 22.3. The van der Waals surface area contributed by atoms with Crippen molar-refractivity contribution in [1.82, 2.24) is 9.88 Å². The third kappa shape index (κ3) is 3.36. The quantitative estimate of drug-likeness (QED) is 0.640. The molecule has 1 aliphatic carbocycles. The van der Waals surface area contributed by atoms with Crippen LogP contribution in [0.1, 0.15) is 56.4 Å². The third-order valence-electron chi connectivity index (χ3n) is 6.74. The molecule has 7 nitrogen and oxygen atoms in total. The molecule has 2 aromatic heterocycles. The Hall–Kier alpha value is -3.22. The van der Waals surface area contributed by atoms with E-state index < -0.39 is 5.54 Å². The predicted octanol–water partition coefficient (Wildman–Crippen LogP) is 4.50. The lowest BCUT2D eigenvalue weighted by molar-refractivity contribution is -0.127. The van der Waals surface area contributed by atoms with Crippen molar-refractivity contribution in [2.75, 3.05) is 11.5 Å². The smallest absolute Gasteiger partial charge is 0.276 e. The molecule has 0 saturated heterocycles. The summed E-state index contributed by atoms with van der Waals surface area (Å²) in [6, 6.07) is 11.1. The number of furan rings is 1. The zero-order valence-electron chi connectivity index (χ0n) is 18.6. The van der Waals surface area contributed by atoms with Crippen LogP contribution in [-0.2, 0) is 11.3 Å². The summed E-state index contributed by atoms with van der Waals surface area (Å²) in [7, 11) is 0. The number of fused-ring (bicyclic) bond motifs is 3. The first-order valence-electron chi connectivity index (χ1n) is 11.5. The Bertz CT molecular complexity index is 1140. The number of rotatable bonds is 5. The van der Waals surface area contributed by atoms with E-state index >= 15 is 0 Å². The lowest BCUT2D eigenvalue weighted by Crippen LogP contribution is -2.65. The van der Waals surface area contributed by atoms with Crippen molar-refractivity contribution in [1.29, 1.82) is 0 Å². The van der Waals surface area contributed by atoms with Crippen LogP contribution in [0.2, 0.25) is 0 Å². The summed E-state index contributed by atoms with van der Waals surface area (Å²) in [4.78, 5) is 29.1. The van der Waals surface area contributed by atoms with Crippen LogP contribution in [0.4, 0.5) is 5.69 Å². The highest BCUT2D eigenvalue weighted by Gasteiger charge is 2.49. The first kappa shape index (κ1) is 20.7. The van der Waals surface area contributed by atoms with Crippen molar-refractivity contribution >= 4 is 28.6 Å². The van der Waals surface area contributed by atoms with E-state index in [0.29, 0.717) is 30.1 Å². The summed E-state index contributed by atoms with van der Waals surface area (Å²) in [6.45, 7) is 4.70. The fraction of sp³-hybridized carbons (Fsp3) is 0.440. The third-order valence-corrected chi connectivity index (χ3v) is 6.74. The zero-order valence-corrected chi connectivity index (χ0v) is 18.6. The maximum atomic E-state index is 13.8. The van der Waals surface area contributed by atoms with Crippen molar-refractivity contribution < 1.29 is 18.7 Å². The van der Waals surface area contributed by atoms with Crippen LogP contribution in [0.3, 0.4) is 0 Å². The molecule has 32 heavy (non-hydrogen) atoms. The van der Waals surface area contributed by atoms with Crippen LogP contribution in [-0.4, -0.2) is 34.6 Å². The summed E-state index contributed by atoms with van der Waals surface area (Å²) < 4.78 is 13.0. The maximum absolute atomic E-state index is 13.8. The summed E-state index contributed by atoms with van der Waals surface area (Å²) in [5.74, 6) is 0.394. The number of ether oxygens (including phenoxy) is 1. The Morgan fingerprint density at radius 3 is 2.66 bits per heavy atom. The minimum Gasteiger partial charge on any atom is -0.494 e. The van der Waals surface area contributed by atoms with Gasteiger partial charge in [-0.25, -0.2) is 0 Å². The summed E-state index contributed by atoms with van der Waals surface area (Å²) >= 11 is 0. The van der Waals surface area contributed by atoms with E-state index in [1.54, 1.807) is 17.2 Å². The molecule has 1 aliphatic heterocycles. The van der Waals surface area contributed by atoms with Crippen molar-refractivity contribution in [3.05, 3.63) is 48.4 Å². The summed E-state index contributed by atoms with van der Waals surface area (Å²) in [5, 5.41) is 3.25. The van der Waals surface area contributed by atoms with Crippen LogP contribution < -0.4 is 15.0 Å². The molecule has 3 heterocycles. The Morgan fingerprint density at radius 2 is 1.94 bits per heavy atom. The number of nitrogens with one attached hydrogen (secondary N) is 1. The second-order valence-corrected chi connectivity index (χ2v) is 8.94. The van der Waals surface area contributed by atoms with Crippen LogP contribution in [0.25, 0.3) is 11.1 Å². The van der Waals surface area contributed by atoms with Gasteiger partial charge >= 0.3 is 0 Å². The van der Waals surface area contributed by atoms with Gasteiger partial charge in [0.1, 0.15) is 17.0 Å². The van der Waals surface area contributed by atoms with Crippen molar-refractivity contribution in [2.24, 2.45) is 0 Å². The SMILES string of the molecule is CCOc1ccc(N2C(=O)c3cc4occc4n3CC2(C)C(=O)NC2CCCCC2)cc1. The number of benzene rings is 1. The molecular weight excluding hydrogens is 406 g/mol. The van der Waals surface area contributed by atoms with Gasteiger partial charge in [-0.1, -0.05) is 19.3 Å². The van der Waals surface area contributed by atoms with Gasteiger partial charge in [0.05, 0.1) is 24.9 Å². The number of anilines is 1. The highest BCUT2D eigenvalue weighted by atomic mass is 16.5. The molecule has 1 aromatic carbocycles. The van der Waals surface area contributed by atoms with Gasteiger partial charge in [-0.15, -0.1) is 0 Å². The van der Waals surface area contributed by atoms with Crippen LogP contribution >= 0.6 is 0 Å². The summed E-state index contributed by atoms with van der Waals surface area (Å²) in [6.07, 6.45) is 7.05. The molecule has 2 aliphatic rings. The first-order valence-corrected chi connectivity index (χ1v) is 11.5. The number of nitrogens with zero attached hydrogens (tertiary/aromatic N) is 2. The lowest BCUT2D eigenvalue weighted by atomic mass is 9.91. The van der Waals surface area contributed by atoms with Crippen LogP contribution in [0.5, 0.6) is 5.75 Å². The Morgan fingerprint density at radius 1 is 1.19 bits per heavy atom. The molecule has 1 saturated carbocycles. The van der Waals surface area contributed by atoms with E-state index in [1.807, 2.05) is 48.7 Å². The number of hydrogen-bond donors (Lipinski definition) is 1. The molecule has 7 heteroatoms. The number of carbonyl (C=O) groups is 2. The Kier molecular flexibility index (Phi) is 5.19. The second-order valence-electron chi connectivity index (χ2n) is 8.94. The number of carbonyl (C=O) groups excluding carboxylic acids is 2. The van der Waals surface area contributed by atoms with E-state index in [2.05, 4.69) is 5.32 Å². The normalized spacial score (nSPS) is 21.6. The van der Waals surface area contributed by atoms with Crippen molar-refractivity contribution in [3.8, 4) is 5.75 Å². The molecule has 1 fully saturated rings. The van der Waals surface area contributed by atoms with Gasteiger partial charge < -0.3 is 19.0 Å². The molecule has 1 atom stereocenters.